The first-order valence-corrected chi connectivity index (χ1v) is 38.6. The first-order valence-electron chi connectivity index (χ1n) is 38.6. The molecule has 0 aliphatic heterocycles. The van der Waals surface area contributed by atoms with Crippen molar-refractivity contribution in [2.75, 3.05) is 0 Å². The average Bonchev–Trinajstić information content (AvgIpc) is 0.762. The SMILES string of the molecule is Cc1c(-c2ncc3ccccc3[n+]2C)cc(C(C)(C)C)cc1-[n+]1ccccc1C.Cc1cc(-c2ncc3ccccc3[n+]2C)c(C)c(-[n+]2ccccc2C)c1.Cc1cc(C)c(-[n+]2cc3ccccc3cc2C)c(C)c1-c1nc2ccccc2c[n+]1C.[C-]#[N+]c1cc(-c2ncc3ccccc3[n+]2C)c(C)c(-[n+]2ccccc2C)c1. The summed E-state index contributed by atoms with van der Waals surface area (Å²) in [7, 11) is 8.30. The lowest BCUT2D eigenvalue weighted by Gasteiger charge is -2.21. The minimum absolute atomic E-state index is 0.0376. The molecule has 0 aliphatic rings. The molecule has 13 heteroatoms. The van der Waals surface area contributed by atoms with Gasteiger partial charge >= 0.3 is 23.3 Å². The Morgan fingerprint density at radius 3 is 1.24 bits per heavy atom. The molecule has 0 spiro atoms. The third-order valence-corrected chi connectivity index (χ3v) is 22.0. The number of rotatable bonds is 8. The van der Waals surface area contributed by atoms with Gasteiger partial charge in [-0.05, 0) is 175 Å². The van der Waals surface area contributed by atoms with Crippen molar-refractivity contribution in [2.45, 2.75) is 102 Å². The van der Waals surface area contributed by atoms with Crippen LogP contribution in [0.3, 0.4) is 0 Å². The highest BCUT2D eigenvalue weighted by Crippen LogP contribution is 2.35. The van der Waals surface area contributed by atoms with E-state index in [0.29, 0.717) is 5.69 Å². The zero-order valence-electron chi connectivity index (χ0n) is 68.3. The van der Waals surface area contributed by atoms with Gasteiger partial charge in [-0.15, -0.1) is 0 Å². The molecule has 17 aromatic rings. The normalized spacial score (nSPS) is 11.3. The standard InChI is InChI=1S/C28H27N3.C26H29N3.C23H20N4.C23H23N3/c1-18-14-19(2)27(31-17-23-11-7-6-10-22(23)15-20(31)3)21(4)26(18)28-29-25-13-9-8-12-24(25)16-30(28)5;1-18-11-9-10-14-29(18)24-16-21(26(3,4)5)15-22(19(24)2)25-27-17-20-12-7-8-13-23(20)28(25)6;1-16-9-7-8-12-27(16)22-14-19(24-3)13-20(17(22)2)23-25-15-18-10-5-6-11-21(18)26(23)4;1-16-13-20(18(3)22(14-16)26-12-8-7-9-17(26)2)23-24-15-19-10-5-6-11-21(19)25(23)4/h6-17H,1-5H3;7-17H,1-6H3;5-15H,1-2,4H3;5-15H,1-4H3/q4*+2. The van der Waals surface area contributed by atoms with Crippen molar-refractivity contribution in [1.29, 1.82) is 0 Å². The predicted octanol–water partition coefficient (Wildman–Crippen LogP) is 18.4. The number of benzene rings is 9. The van der Waals surface area contributed by atoms with Crippen LogP contribution in [0.2, 0.25) is 0 Å². The van der Waals surface area contributed by atoms with E-state index < -0.39 is 0 Å². The number of hydrogen-bond donors (Lipinski definition) is 0. The van der Waals surface area contributed by atoms with Gasteiger partial charge in [0.15, 0.2) is 77.4 Å². The van der Waals surface area contributed by atoms with E-state index >= 15 is 0 Å². The van der Waals surface area contributed by atoms with Gasteiger partial charge in [0.1, 0.15) is 22.7 Å². The lowest BCUT2D eigenvalue weighted by molar-refractivity contribution is -0.661. The Morgan fingerprint density at radius 1 is 0.345 bits per heavy atom. The maximum atomic E-state index is 7.56. The minimum Gasteiger partial charge on any atom is -0.238 e. The van der Waals surface area contributed by atoms with Gasteiger partial charge < -0.3 is 0 Å². The second-order valence-corrected chi connectivity index (χ2v) is 30.9. The van der Waals surface area contributed by atoms with Crippen molar-refractivity contribution in [1.82, 2.24) is 19.9 Å². The molecule has 9 aromatic carbocycles. The quantitative estimate of drug-likeness (QED) is 0.112. The fourth-order valence-corrected chi connectivity index (χ4v) is 15.8. The highest BCUT2D eigenvalue weighted by Gasteiger charge is 2.32. The second-order valence-electron chi connectivity index (χ2n) is 30.9. The van der Waals surface area contributed by atoms with Gasteiger partial charge in [-0.3, -0.25) is 0 Å². The van der Waals surface area contributed by atoms with Crippen molar-refractivity contribution in [3.63, 3.8) is 0 Å². The van der Waals surface area contributed by atoms with E-state index in [1.165, 1.54) is 112 Å². The van der Waals surface area contributed by atoms with E-state index in [2.05, 4.69) is 366 Å². The molecule has 17 rings (SSSR count). The fourth-order valence-electron chi connectivity index (χ4n) is 15.8. The summed E-state index contributed by atoms with van der Waals surface area (Å²) in [6.07, 6.45) is 16.6. The van der Waals surface area contributed by atoms with Gasteiger partial charge in [0.2, 0.25) is 22.7 Å². The van der Waals surface area contributed by atoms with E-state index in [4.69, 9.17) is 26.5 Å². The molecular formula is C100H99N13+8. The lowest BCUT2D eigenvalue weighted by Crippen LogP contribution is -2.37. The Balaban J connectivity index is 0.000000125. The first-order chi connectivity index (χ1) is 54.4. The van der Waals surface area contributed by atoms with Crippen LogP contribution in [-0.2, 0) is 33.6 Å². The van der Waals surface area contributed by atoms with Gasteiger partial charge in [0.25, 0.3) is 0 Å². The van der Waals surface area contributed by atoms with Crippen LogP contribution in [0.15, 0.2) is 274 Å². The highest BCUT2D eigenvalue weighted by atomic mass is 15.1. The summed E-state index contributed by atoms with van der Waals surface area (Å²) >= 11 is 0. The number of aromatic nitrogens is 12. The van der Waals surface area contributed by atoms with Gasteiger partial charge in [0, 0.05) is 122 Å². The molecule has 0 unspecified atom stereocenters. The molecule has 0 bridgehead atoms. The van der Waals surface area contributed by atoms with Crippen LogP contribution >= 0.6 is 0 Å². The van der Waals surface area contributed by atoms with Crippen LogP contribution in [0.25, 0.3) is 128 Å². The molecule has 0 saturated heterocycles. The van der Waals surface area contributed by atoms with E-state index in [1.54, 1.807) is 0 Å². The molecule has 0 atom stereocenters. The summed E-state index contributed by atoms with van der Waals surface area (Å²) in [5, 5.41) is 7.05. The van der Waals surface area contributed by atoms with E-state index in [-0.39, 0.29) is 5.41 Å². The lowest BCUT2D eigenvalue weighted by atomic mass is 9.84. The van der Waals surface area contributed by atoms with Gasteiger partial charge in [-0.2, -0.15) is 18.3 Å². The van der Waals surface area contributed by atoms with Crippen LogP contribution in [0, 0.1) is 82.7 Å². The molecule has 0 amide bonds. The number of nitrogens with zero attached hydrogens (tertiary/aromatic N) is 13. The number of hydrogen-bond acceptors (Lipinski definition) is 4. The molecular weight excluding hydrogens is 1380 g/mol. The molecule has 8 aromatic heterocycles. The maximum absolute atomic E-state index is 7.56. The van der Waals surface area contributed by atoms with Crippen LogP contribution < -0.4 is 36.5 Å². The van der Waals surface area contributed by atoms with Crippen LogP contribution in [0.5, 0.6) is 0 Å². The Hall–Kier alpha value is -13.3. The Labute approximate surface area is 664 Å². The predicted molar refractivity (Wildman–Crippen MR) is 454 cm³/mol. The molecule has 113 heavy (non-hydrogen) atoms. The van der Waals surface area contributed by atoms with Crippen LogP contribution in [0.4, 0.5) is 5.69 Å². The molecule has 0 radical (unpaired) electrons. The van der Waals surface area contributed by atoms with Crippen molar-refractivity contribution >= 4 is 60.1 Å². The smallest absolute Gasteiger partial charge is 0.238 e. The monoisotopic (exact) mass is 1480 g/mol. The third-order valence-electron chi connectivity index (χ3n) is 22.0. The topological polar surface area (TPSA) is 87.0 Å². The Morgan fingerprint density at radius 2 is 0.761 bits per heavy atom. The summed E-state index contributed by atoms with van der Waals surface area (Å²) < 4.78 is 17.6. The van der Waals surface area contributed by atoms with Crippen molar-refractivity contribution < 1.29 is 36.5 Å². The Bertz CT molecular complexity index is 6530. The number of fused-ring (bicyclic) bond motifs is 5. The van der Waals surface area contributed by atoms with Crippen LogP contribution in [0.1, 0.15) is 88.1 Å². The maximum Gasteiger partial charge on any atom is 0.331 e. The summed E-state index contributed by atoms with van der Waals surface area (Å²) in [4.78, 5) is 23.1. The number of para-hydroxylation sites is 4. The number of pyridine rings is 4. The molecule has 0 aliphatic carbocycles. The molecule has 13 nitrogen and oxygen atoms in total. The zero-order valence-corrected chi connectivity index (χ0v) is 68.3. The summed E-state index contributed by atoms with van der Waals surface area (Å²) in [6, 6.07) is 78.0. The van der Waals surface area contributed by atoms with Crippen LogP contribution in [-0.4, -0.2) is 19.9 Å². The zero-order chi connectivity index (χ0) is 79.7. The molecule has 0 fully saturated rings. The van der Waals surface area contributed by atoms with Crippen molar-refractivity contribution in [3.8, 4) is 68.3 Å². The molecule has 0 N–H and O–H groups in total. The fraction of sp³-hybridized carbons (Fsp3) is 0.190. The largest absolute Gasteiger partial charge is 0.331 e. The van der Waals surface area contributed by atoms with Gasteiger partial charge in [-0.1, -0.05) is 106 Å². The summed E-state index contributed by atoms with van der Waals surface area (Å²) in [6.45, 7) is 38.1. The van der Waals surface area contributed by atoms with Gasteiger partial charge in [0.05, 0.1) is 78.6 Å². The Kier molecular flexibility index (Phi) is 21.6. The second kappa shape index (κ2) is 32.0. The first kappa shape index (κ1) is 76.5. The summed E-state index contributed by atoms with van der Waals surface area (Å²) in [5.41, 5.74) is 28.9. The average molecular weight is 1480 g/mol. The van der Waals surface area contributed by atoms with E-state index in [0.717, 1.165) is 78.4 Å². The third kappa shape index (κ3) is 15.3. The highest BCUT2D eigenvalue weighted by molar-refractivity contribution is 5.83. The molecule has 556 valence electrons. The number of aryl methyl sites for hydroxylation is 11. The van der Waals surface area contributed by atoms with Crippen molar-refractivity contribution in [3.05, 3.63) is 353 Å². The molecule has 8 heterocycles. The molecule has 0 saturated carbocycles. The summed E-state index contributed by atoms with van der Waals surface area (Å²) in [5.74, 6) is 3.82. The van der Waals surface area contributed by atoms with E-state index in [1.807, 2.05) is 74.3 Å². The van der Waals surface area contributed by atoms with E-state index in [9.17, 15) is 0 Å². The minimum atomic E-state index is 0.0376. The van der Waals surface area contributed by atoms with Gasteiger partial charge in [-0.25, -0.2) is 23.1 Å². The van der Waals surface area contributed by atoms with Crippen molar-refractivity contribution in [2.24, 2.45) is 28.2 Å².